The average Bonchev–Trinajstić information content (AvgIpc) is 2.33. The predicted molar refractivity (Wildman–Crippen MR) is 75.3 cm³/mol. The maximum Gasteiger partial charge on any atom is 0.428 e. The van der Waals surface area contributed by atoms with E-state index in [9.17, 15) is 9.90 Å². The first kappa shape index (κ1) is 15.1. The molecule has 0 unspecified atom stereocenters. The van der Waals surface area contributed by atoms with Crippen LogP contribution >= 0.6 is 0 Å². The van der Waals surface area contributed by atoms with Crippen molar-refractivity contribution in [2.24, 2.45) is 5.10 Å². The van der Waals surface area contributed by atoms with Crippen LogP contribution in [0.25, 0.3) is 0 Å². The molecule has 5 nitrogen and oxygen atoms in total. The van der Waals surface area contributed by atoms with E-state index in [2.05, 4.69) is 10.1 Å². The number of amides is 1. The molecule has 1 heterocycles. The first-order valence-electron chi connectivity index (χ1n) is 6.37. The van der Waals surface area contributed by atoms with E-state index in [-0.39, 0.29) is 0 Å². The molecular formula is C14H21N3O2. The highest BCUT2D eigenvalue weighted by Gasteiger charge is 2.26. The quantitative estimate of drug-likeness (QED) is 0.669. The number of rotatable bonds is 4. The van der Waals surface area contributed by atoms with Gasteiger partial charge < -0.3 is 5.11 Å². The summed E-state index contributed by atoms with van der Waals surface area (Å²) in [5.41, 5.74) is 1.10. The number of carbonyl (C=O) groups is 1. The van der Waals surface area contributed by atoms with Crippen molar-refractivity contribution in [3.63, 3.8) is 0 Å². The maximum atomic E-state index is 11.3. The van der Waals surface area contributed by atoms with E-state index >= 15 is 0 Å². The zero-order chi connectivity index (χ0) is 14.5. The van der Waals surface area contributed by atoms with E-state index in [0.29, 0.717) is 0 Å². The van der Waals surface area contributed by atoms with Gasteiger partial charge in [0.1, 0.15) is 0 Å². The highest BCUT2D eigenvalue weighted by atomic mass is 16.4. The predicted octanol–water partition coefficient (Wildman–Crippen LogP) is 3.36. The van der Waals surface area contributed by atoms with Gasteiger partial charge in [0.15, 0.2) is 0 Å². The molecular weight excluding hydrogens is 242 g/mol. The fraction of sp³-hybridized carbons (Fsp3) is 0.500. The maximum absolute atomic E-state index is 11.3. The van der Waals surface area contributed by atoms with E-state index in [1.807, 2.05) is 39.8 Å². The molecule has 1 aromatic rings. The Hall–Kier alpha value is -1.91. The molecule has 0 atom stereocenters. The topological polar surface area (TPSA) is 65.8 Å². The summed E-state index contributed by atoms with van der Waals surface area (Å²) >= 11 is 0. The van der Waals surface area contributed by atoms with Crippen molar-refractivity contribution in [2.45, 2.75) is 46.1 Å². The summed E-state index contributed by atoms with van der Waals surface area (Å²) in [6, 6.07) is 3.69. The highest BCUT2D eigenvalue weighted by molar-refractivity contribution is 6.00. The molecule has 1 amide bonds. The lowest BCUT2D eigenvalue weighted by molar-refractivity contribution is 0.103. The van der Waals surface area contributed by atoms with Gasteiger partial charge in [0.2, 0.25) is 0 Å². The Morgan fingerprint density at radius 2 is 1.95 bits per heavy atom. The fourth-order valence-electron chi connectivity index (χ4n) is 1.63. The van der Waals surface area contributed by atoms with Crippen molar-refractivity contribution in [1.29, 1.82) is 0 Å². The van der Waals surface area contributed by atoms with Crippen molar-refractivity contribution in [1.82, 2.24) is 9.99 Å². The van der Waals surface area contributed by atoms with Crippen molar-refractivity contribution < 1.29 is 9.90 Å². The second-order valence-corrected chi connectivity index (χ2v) is 5.30. The Balaban J connectivity index is 3.17. The minimum atomic E-state index is -1.05. The van der Waals surface area contributed by atoms with E-state index in [0.717, 1.165) is 29.1 Å². The van der Waals surface area contributed by atoms with E-state index in [1.54, 1.807) is 12.4 Å². The molecule has 19 heavy (non-hydrogen) atoms. The number of nitrogens with zero attached hydrogens (tertiary/aromatic N) is 3. The average molecular weight is 263 g/mol. The lowest BCUT2D eigenvalue weighted by atomic mass is 10.1. The monoisotopic (exact) mass is 263 g/mol. The molecule has 0 aliphatic heterocycles. The Morgan fingerprint density at radius 1 is 1.37 bits per heavy atom. The van der Waals surface area contributed by atoms with Gasteiger partial charge in [-0.1, -0.05) is 13.3 Å². The first-order chi connectivity index (χ1) is 8.86. The summed E-state index contributed by atoms with van der Waals surface area (Å²) in [7, 11) is 0. The van der Waals surface area contributed by atoms with Crippen LogP contribution in [0.2, 0.25) is 0 Å². The summed E-state index contributed by atoms with van der Waals surface area (Å²) in [4.78, 5) is 15.3. The molecule has 0 radical (unpaired) electrons. The Morgan fingerprint density at radius 3 is 2.37 bits per heavy atom. The lowest BCUT2D eigenvalue weighted by Crippen LogP contribution is -2.41. The lowest BCUT2D eigenvalue weighted by Gasteiger charge is -2.29. The summed E-state index contributed by atoms with van der Waals surface area (Å²) in [5.74, 6) is 0. The zero-order valence-electron chi connectivity index (χ0n) is 11.9. The SMILES string of the molecule is CCCC(=NN(C(=O)O)C(C)(C)C)c1ccncc1. The normalized spacial score (nSPS) is 12.3. The first-order valence-corrected chi connectivity index (χ1v) is 6.37. The van der Waals surface area contributed by atoms with Crippen LogP contribution in [0.1, 0.15) is 46.1 Å². The molecule has 0 aliphatic rings. The Labute approximate surface area is 114 Å². The van der Waals surface area contributed by atoms with E-state index in [1.165, 1.54) is 0 Å². The number of pyridine rings is 1. The van der Waals surface area contributed by atoms with Crippen molar-refractivity contribution in [2.75, 3.05) is 0 Å². The fourth-order valence-corrected chi connectivity index (χ4v) is 1.63. The van der Waals surface area contributed by atoms with Gasteiger partial charge in [0, 0.05) is 18.0 Å². The van der Waals surface area contributed by atoms with Crippen molar-refractivity contribution in [3.8, 4) is 0 Å². The van der Waals surface area contributed by atoms with Crippen LogP contribution in [0.5, 0.6) is 0 Å². The molecule has 0 fully saturated rings. The van der Waals surface area contributed by atoms with Crippen LogP contribution < -0.4 is 0 Å². The van der Waals surface area contributed by atoms with Gasteiger partial charge in [-0.25, -0.2) is 4.79 Å². The van der Waals surface area contributed by atoms with Crippen molar-refractivity contribution in [3.05, 3.63) is 30.1 Å². The van der Waals surface area contributed by atoms with Crippen LogP contribution in [-0.2, 0) is 0 Å². The number of carboxylic acid groups (broad SMARTS) is 1. The highest BCUT2D eigenvalue weighted by Crippen LogP contribution is 2.16. The molecule has 5 heteroatoms. The molecule has 0 saturated heterocycles. The number of aromatic nitrogens is 1. The third-order valence-electron chi connectivity index (χ3n) is 2.54. The number of hydrogen-bond donors (Lipinski definition) is 1. The van der Waals surface area contributed by atoms with Gasteiger partial charge in [-0.15, -0.1) is 0 Å². The molecule has 0 aliphatic carbocycles. The second-order valence-electron chi connectivity index (χ2n) is 5.30. The van der Waals surface area contributed by atoms with Crippen LogP contribution in [0.15, 0.2) is 29.6 Å². The molecule has 0 spiro atoms. The molecule has 0 saturated carbocycles. The molecule has 0 aromatic carbocycles. The van der Waals surface area contributed by atoms with Crippen molar-refractivity contribution >= 4 is 11.8 Å². The zero-order valence-corrected chi connectivity index (χ0v) is 11.9. The minimum absolute atomic E-state index is 0.572. The Bertz CT molecular complexity index is 450. The van der Waals surface area contributed by atoms with Gasteiger partial charge >= 0.3 is 6.09 Å². The van der Waals surface area contributed by atoms with Gasteiger partial charge in [0.05, 0.1) is 11.3 Å². The number of hydrazone groups is 1. The smallest absolute Gasteiger partial charge is 0.428 e. The van der Waals surface area contributed by atoms with Crippen LogP contribution in [-0.4, -0.2) is 32.4 Å². The Kier molecular flexibility index (Phi) is 5.03. The summed E-state index contributed by atoms with van der Waals surface area (Å²) in [5, 5.41) is 14.7. The minimum Gasteiger partial charge on any atom is -0.464 e. The van der Waals surface area contributed by atoms with Gasteiger partial charge in [-0.05, 0) is 39.3 Å². The molecule has 104 valence electrons. The van der Waals surface area contributed by atoms with Gasteiger partial charge in [-0.2, -0.15) is 10.1 Å². The van der Waals surface area contributed by atoms with Gasteiger partial charge in [0.25, 0.3) is 0 Å². The standard InChI is InChI=1S/C14H21N3O2/c1-5-6-12(11-7-9-15-10-8-11)16-17(13(18)19)14(2,3)4/h7-10H,5-6H2,1-4H3,(H,18,19). The molecule has 1 aromatic heterocycles. The second kappa shape index (κ2) is 6.31. The number of hydrogen-bond acceptors (Lipinski definition) is 3. The van der Waals surface area contributed by atoms with E-state index in [4.69, 9.17) is 0 Å². The molecule has 1 rings (SSSR count). The van der Waals surface area contributed by atoms with Gasteiger partial charge in [-0.3, -0.25) is 4.98 Å². The molecule has 1 N–H and O–H groups in total. The summed E-state index contributed by atoms with van der Waals surface area (Å²) < 4.78 is 0. The van der Waals surface area contributed by atoms with Crippen LogP contribution in [0, 0.1) is 0 Å². The van der Waals surface area contributed by atoms with Crippen LogP contribution in [0.3, 0.4) is 0 Å². The van der Waals surface area contributed by atoms with E-state index < -0.39 is 11.6 Å². The third-order valence-corrected chi connectivity index (χ3v) is 2.54. The summed E-state index contributed by atoms with van der Waals surface area (Å²) in [6.45, 7) is 7.50. The summed E-state index contributed by atoms with van der Waals surface area (Å²) in [6.07, 6.45) is 3.95. The molecule has 0 bridgehead atoms. The third kappa shape index (κ3) is 4.35. The largest absolute Gasteiger partial charge is 0.464 e. The van der Waals surface area contributed by atoms with Crippen LogP contribution in [0.4, 0.5) is 4.79 Å².